The second-order valence-electron chi connectivity index (χ2n) is 6.24. The fraction of sp³-hybridized carbons (Fsp3) is 0.250. The van der Waals surface area contributed by atoms with Gasteiger partial charge in [-0.2, -0.15) is 0 Å². The molecule has 1 fully saturated rings. The number of carbonyl (C=O) groups excluding carboxylic acids is 3. The number of amides is 2. The lowest BCUT2D eigenvalue weighted by atomic mass is 10.1. The number of para-hydroxylation sites is 1. The first-order valence-electron chi connectivity index (χ1n) is 8.63. The molecular weight excluding hydrogens is 370 g/mol. The molecule has 0 spiro atoms. The second-order valence-corrected chi connectivity index (χ2v) is 6.24. The first-order valence-corrected chi connectivity index (χ1v) is 8.63. The van der Waals surface area contributed by atoms with E-state index in [0.717, 1.165) is 12.1 Å². The number of ketones is 1. The summed E-state index contributed by atoms with van der Waals surface area (Å²) in [5.41, 5.74) is 0.207. The van der Waals surface area contributed by atoms with Gasteiger partial charge in [-0.1, -0.05) is 12.1 Å². The zero-order chi connectivity index (χ0) is 20.3. The summed E-state index contributed by atoms with van der Waals surface area (Å²) in [5, 5.41) is 0. The smallest absolute Gasteiger partial charge is 0.295 e. The third kappa shape index (κ3) is 3.85. The molecule has 2 amide bonds. The monoisotopic (exact) mass is 388 g/mol. The van der Waals surface area contributed by atoms with E-state index >= 15 is 0 Å². The summed E-state index contributed by atoms with van der Waals surface area (Å²) in [5.74, 6) is -3.62. The highest BCUT2D eigenvalue weighted by molar-refractivity contribution is 6.43. The number of Topliss-reactive ketones (excluding diaryl/α,β-unsaturated/α-hetero) is 1. The van der Waals surface area contributed by atoms with E-state index in [-0.39, 0.29) is 37.3 Å². The van der Waals surface area contributed by atoms with Gasteiger partial charge in [-0.3, -0.25) is 14.4 Å². The Balaban J connectivity index is 1.64. The molecule has 6 nitrogen and oxygen atoms in total. The highest BCUT2D eigenvalue weighted by Crippen LogP contribution is 2.19. The van der Waals surface area contributed by atoms with E-state index in [2.05, 4.69) is 0 Å². The number of nitrogens with zero attached hydrogens (tertiary/aromatic N) is 2. The number of piperazine rings is 1. The van der Waals surface area contributed by atoms with Gasteiger partial charge in [0.25, 0.3) is 17.6 Å². The number of ether oxygens (including phenoxy) is 1. The standard InChI is InChI=1S/C20H18F2N2O4/c1-28-17-5-3-2-4-14(17)18(25)20(27)24-10-8-23(9-11-24)19(26)13-6-7-15(21)16(22)12-13/h2-7,12H,8-11H2,1H3. The van der Waals surface area contributed by atoms with Crippen molar-refractivity contribution >= 4 is 17.6 Å². The minimum atomic E-state index is -1.10. The predicted molar refractivity (Wildman–Crippen MR) is 96.2 cm³/mol. The lowest BCUT2D eigenvalue weighted by Crippen LogP contribution is -2.52. The maximum atomic E-state index is 13.3. The first kappa shape index (κ1) is 19.5. The Morgan fingerprint density at radius 2 is 1.54 bits per heavy atom. The summed E-state index contributed by atoms with van der Waals surface area (Å²) >= 11 is 0. The zero-order valence-corrected chi connectivity index (χ0v) is 15.2. The van der Waals surface area contributed by atoms with Gasteiger partial charge in [0, 0.05) is 31.7 Å². The molecule has 0 radical (unpaired) electrons. The normalized spacial score (nSPS) is 14.0. The number of rotatable bonds is 4. The molecule has 1 heterocycles. The minimum absolute atomic E-state index is 0.0313. The molecule has 146 valence electrons. The largest absolute Gasteiger partial charge is 0.496 e. The van der Waals surface area contributed by atoms with Crippen LogP contribution in [0.2, 0.25) is 0 Å². The lowest BCUT2D eigenvalue weighted by Gasteiger charge is -2.34. The van der Waals surface area contributed by atoms with Gasteiger partial charge in [0.05, 0.1) is 12.7 Å². The lowest BCUT2D eigenvalue weighted by molar-refractivity contribution is -0.127. The van der Waals surface area contributed by atoms with Crippen molar-refractivity contribution in [1.29, 1.82) is 0 Å². The van der Waals surface area contributed by atoms with Crippen LogP contribution in [0.4, 0.5) is 8.78 Å². The number of halogens is 2. The summed E-state index contributed by atoms with van der Waals surface area (Å²) in [7, 11) is 1.42. The van der Waals surface area contributed by atoms with Crippen molar-refractivity contribution in [3.63, 3.8) is 0 Å². The Labute approximate surface area is 160 Å². The van der Waals surface area contributed by atoms with Crippen LogP contribution in [0.3, 0.4) is 0 Å². The van der Waals surface area contributed by atoms with Crippen LogP contribution >= 0.6 is 0 Å². The molecule has 2 aromatic carbocycles. The summed E-state index contributed by atoms with van der Waals surface area (Å²) in [6, 6.07) is 9.41. The fourth-order valence-electron chi connectivity index (χ4n) is 3.02. The number of methoxy groups -OCH3 is 1. The van der Waals surface area contributed by atoms with Gasteiger partial charge in [-0.05, 0) is 30.3 Å². The molecular formula is C20H18F2N2O4. The Morgan fingerprint density at radius 3 is 2.18 bits per heavy atom. The van der Waals surface area contributed by atoms with Crippen LogP contribution < -0.4 is 4.74 Å². The van der Waals surface area contributed by atoms with Gasteiger partial charge in [-0.25, -0.2) is 8.78 Å². The Hall–Kier alpha value is -3.29. The van der Waals surface area contributed by atoms with Gasteiger partial charge in [-0.15, -0.1) is 0 Å². The molecule has 0 N–H and O–H groups in total. The molecule has 0 bridgehead atoms. The molecule has 1 aliphatic rings. The SMILES string of the molecule is COc1ccccc1C(=O)C(=O)N1CCN(C(=O)c2ccc(F)c(F)c2)CC1. The summed E-state index contributed by atoms with van der Waals surface area (Å²) in [4.78, 5) is 40.3. The quantitative estimate of drug-likeness (QED) is 0.595. The molecule has 3 rings (SSSR count). The summed E-state index contributed by atoms with van der Waals surface area (Å²) < 4.78 is 31.5. The number of carbonyl (C=O) groups is 3. The average Bonchev–Trinajstić information content (AvgIpc) is 2.74. The molecule has 0 aliphatic carbocycles. The zero-order valence-electron chi connectivity index (χ0n) is 15.2. The highest BCUT2D eigenvalue weighted by atomic mass is 19.2. The summed E-state index contributed by atoms with van der Waals surface area (Å²) in [6.07, 6.45) is 0. The van der Waals surface area contributed by atoms with Gasteiger partial charge < -0.3 is 14.5 Å². The van der Waals surface area contributed by atoms with Gasteiger partial charge >= 0.3 is 0 Å². The van der Waals surface area contributed by atoms with Crippen molar-refractivity contribution in [2.75, 3.05) is 33.3 Å². The molecule has 1 saturated heterocycles. The third-order valence-corrected chi connectivity index (χ3v) is 4.57. The molecule has 0 saturated carbocycles. The van der Waals surface area contributed by atoms with Crippen LogP contribution in [0.5, 0.6) is 5.75 Å². The molecule has 28 heavy (non-hydrogen) atoms. The van der Waals surface area contributed by atoms with Crippen LogP contribution in [0.15, 0.2) is 42.5 Å². The van der Waals surface area contributed by atoms with Crippen LogP contribution in [-0.2, 0) is 4.79 Å². The topological polar surface area (TPSA) is 66.9 Å². The summed E-state index contributed by atoms with van der Waals surface area (Å²) in [6.45, 7) is 0.690. The number of hydrogen-bond acceptors (Lipinski definition) is 4. The molecule has 0 unspecified atom stereocenters. The van der Waals surface area contributed by atoms with Gasteiger partial charge in [0.15, 0.2) is 11.6 Å². The van der Waals surface area contributed by atoms with E-state index in [1.165, 1.54) is 29.0 Å². The van der Waals surface area contributed by atoms with Crippen LogP contribution in [0, 0.1) is 11.6 Å². The Bertz CT molecular complexity index is 924. The molecule has 1 aliphatic heterocycles. The van der Waals surface area contributed by atoms with Crippen molar-refractivity contribution < 1.29 is 27.9 Å². The van der Waals surface area contributed by atoms with Gasteiger partial charge in [0.2, 0.25) is 0 Å². The molecule has 8 heteroatoms. The van der Waals surface area contributed by atoms with E-state index in [9.17, 15) is 23.2 Å². The average molecular weight is 388 g/mol. The van der Waals surface area contributed by atoms with Crippen molar-refractivity contribution in [2.45, 2.75) is 0 Å². The maximum absolute atomic E-state index is 13.3. The van der Waals surface area contributed by atoms with E-state index in [0.29, 0.717) is 5.75 Å². The molecule has 0 aromatic heterocycles. The third-order valence-electron chi connectivity index (χ3n) is 4.57. The van der Waals surface area contributed by atoms with Crippen LogP contribution in [0.25, 0.3) is 0 Å². The maximum Gasteiger partial charge on any atom is 0.295 e. The molecule has 0 atom stereocenters. The van der Waals surface area contributed by atoms with Gasteiger partial charge in [0.1, 0.15) is 5.75 Å². The van der Waals surface area contributed by atoms with Crippen molar-refractivity contribution in [3.8, 4) is 5.75 Å². The fourth-order valence-corrected chi connectivity index (χ4v) is 3.02. The second kappa shape index (κ2) is 8.16. The Kier molecular flexibility index (Phi) is 5.67. The van der Waals surface area contributed by atoms with Crippen molar-refractivity contribution in [3.05, 3.63) is 65.2 Å². The van der Waals surface area contributed by atoms with E-state index < -0.39 is 29.2 Å². The van der Waals surface area contributed by atoms with E-state index in [1.54, 1.807) is 18.2 Å². The van der Waals surface area contributed by atoms with E-state index in [1.807, 2.05) is 0 Å². The van der Waals surface area contributed by atoms with Crippen molar-refractivity contribution in [2.24, 2.45) is 0 Å². The molecule has 2 aromatic rings. The minimum Gasteiger partial charge on any atom is -0.496 e. The number of benzene rings is 2. The predicted octanol–water partition coefficient (Wildman–Crippen LogP) is 2.14. The number of hydrogen-bond donors (Lipinski definition) is 0. The van der Waals surface area contributed by atoms with Crippen LogP contribution in [0.1, 0.15) is 20.7 Å². The van der Waals surface area contributed by atoms with E-state index in [4.69, 9.17) is 4.74 Å². The Morgan fingerprint density at radius 1 is 0.893 bits per heavy atom. The van der Waals surface area contributed by atoms with Crippen molar-refractivity contribution in [1.82, 2.24) is 9.80 Å². The van der Waals surface area contributed by atoms with Crippen LogP contribution in [-0.4, -0.2) is 60.7 Å². The first-order chi connectivity index (χ1) is 13.4. The highest BCUT2D eigenvalue weighted by Gasteiger charge is 2.30.